The van der Waals surface area contributed by atoms with Crippen LogP contribution in [0.3, 0.4) is 0 Å². The molecule has 2 fully saturated rings. The Kier molecular flexibility index (Phi) is 4.21. The number of amides is 1. The Bertz CT molecular complexity index is 639. The van der Waals surface area contributed by atoms with Crippen LogP contribution in [0.5, 0.6) is 0 Å². The maximum Gasteiger partial charge on any atom is 0.414 e. The van der Waals surface area contributed by atoms with Gasteiger partial charge >= 0.3 is 6.09 Å². The SMILES string of the molecule is [C-]#[N+]N1CCN(c2ccc(N3CC(CN)OC3=O)cc2F)CC1. The smallest absolute Gasteiger partial charge is 0.414 e. The first-order valence-electron chi connectivity index (χ1n) is 7.47. The summed E-state index contributed by atoms with van der Waals surface area (Å²) in [5.74, 6) is -0.386. The Hall–Kier alpha value is -2.53. The van der Waals surface area contributed by atoms with E-state index in [1.54, 1.807) is 17.1 Å². The van der Waals surface area contributed by atoms with Crippen LogP contribution in [0.25, 0.3) is 4.95 Å². The fourth-order valence-corrected chi connectivity index (χ4v) is 2.81. The maximum absolute atomic E-state index is 14.5. The Balaban J connectivity index is 1.74. The molecule has 2 N–H and O–H groups in total. The number of cyclic esters (lactones) is 1. The van der Waals surface area contributed by atoms with E-state index in [0.29, 0.717) is 44.1 Å². The number of piperazine rings is 1. The molecule has 0 bridgehead atoms. The number of rotatable bonds is 3. The van der Waals surface area contributed by atoms with Crippen molar-refractivity contribution in [1.29, 1.82) is 0 Å². The summed E-state index contributed by atoms with van der Waals surface area (Å²) in [6.07, 6.45) is -0.856. The standard InChI is InChI=1S/C15H18FN5O2/c1-18-20-6-4-19(5-7-20)14-3-2-11(8-13(14)16)21-10-12(9-17)23-15(21)22/h2-3,8,12H,4-7,9-10,17H2. The van der Waals surface area contributed by atoms with Crippen LogP contribution < -0.4 is 15.5 Å². The van der Waals surface area contributed by atoms with Crippen molar-refractivity contribution in [2.45, 2.75) is 6.10 Å². The molecule has 2 aliphatic rings. The number of nitrogens with zero attached hydrogens (tertiary/aromatic N) is 4. The number of benzene rings is 1. The molecule has 1 unspecified atom stereocenters. The lowest BCUT2D eigenvalue weighted by Crippen LogP contribution is -2.43. The van der Waals surface area contributed by atoms with Crippen molar-refractivity contribution in [1.82, 2.24) is 5.01 Å². The molecule has 7 nitrogen and oxygen atoms in total. The van der Waals surface area contributed by atoms with Gasteiger partial charge in [-0.25, -0.2) is 9.18 Å². The normalized spacial score (nSPS) is 21.3. The van der Waals surface area contributed by atoms with Crippen LogP contribution in [-0.2, 0) is 4.74 Å². The van der Waals surface area contributed by atoms with Gasteiger partial charge in [-0.2, -0.15) is 11.5 Å². The Morgan fingerprint density at radius 2 is 2.09 bits per heavy atom. The van der Waals surface area contributed by atoms with Gasteiger partial charge in [-0.05, 0) is 18.2 Å². The number of nitrogens with two attached hydrogens (primary N) is 1. The lowest BCUT2D eigenvalue weighted by Gasteiger charge is -2.31. The number of anilines is 2. The summed E-state index contributed by atoms with van der Waals surface area (Å²) < 4.78 is 19.5. The summed E-state index contributed by atoms with van der Waals surface area (Å²) in [5.41, 5.74) is 6.45. The first-order chi connectivity index (χ1) is 11.1. The predicted molar refractivity (Wildman–Crippen MR) is 83.5 cm³/mol. The molecule has 0 aliphatic carbocycles. The number of hydrogen-bond acceptors (Lipinski definition) is 5. The average Bonchev–Trinajstić information content (AvgIpc) is 2.96. The Morgan fingerprint density at radius 1 is 1.35 bits per heavy atom. The molecule has 23 heavy (non-hydrogen) atoms. The van der Waals surface area contributed by atoms with Crippen LogP contribution in [0.4, 0.5) is 20.6 Å². The molecule has 3 rings (SSSR count). The second kappa shape index (κ2) is 6.30. The molecule has 1 amide bonds. The third-order valence-electron chi connectivity index (χ3n) is 4.12. The van der Waals surface area contributed by atoms with Gasteiger partial charge in [0.1, 0.15) is 25.0 Å². The van der Waals surface area contributed by atoms with E-state index in [1.807, 2.05) is 4.90 Å². The molecule has 2 saturated heterocycles. The van der Waals surface area contributed by atoms with Crippen molar-refractivity contribution in [3.05, 3.63) is 35.5 Å². The fraction of sp³-hybridized carbons (Fsp3) is 0.467. The molecule has 8 heteroatoms. The monoisotopic (exact) mass is 319 g/mol. The highest BCUT2D eigenvalue weighted by atomic mass is 19.1. The molecule has 2 heterocycles. The number of ether oxygens (including phenoxy) is 1. The molecule has 0 radical (unpaired) electrons. The Morgan fingerprint density at radius 3 is 2.65 bits per heavy atom. The molecule has 0 aromatic heterocycles. The molecule has 2 aliphatic heterocycles. The zero-order valence-electron chi connectivity index (χ0n) is 12.6. The number of hydrogen-bond donors (Lipinski definition) is 1. The van der Waals surface area contributed by atoms with Crippen LogP contribution >= 0.6 is 0 Å². The molecular formula is C15H18FN5O2. The second-order valence-corrected chi connectivity index (χ2v) is 5.53. The van der Waals surface area contributed by atoms with E-state index >= 15 is 0 Å². The summed E-state index contributed by atoms with van der Waals surface area (Å²) in [6.45, 7) is 9.92. The van der Waals surface area contributed by atoms with Gasteiger partial charge in [-0.3, -0.25) is 4.90 Å². The van der Waals surface area contributed by atoms with Crippen molar-refractivity contribution < 1.29 is 13.9 Å². The van der Waals surface area contributed by atoms with Crippen LogP contribution in [0.1, 0.15) is 0 Å². The van der Waals surface area contributed by atoms with Crippen molar-refractivity contribution in [2.75, 3.05) is 49.1 Å². The summed E-state index contributed by atoms with van der Waals surface area (Å²) >= 11 is 0. The van der Waals surface area contributed by atoms with E-state index in [-0.39, 0.29) is 18.5 Å². The minimum absolute atomic E-state index is 0.244. The van der Waals surface area contributed by atoms with E-state index in [1.165, 1.54) is 11.0 Å². The first kappa shape index (κ1) is 15.4. The zero-order valence-corrected chi connectivity index (χ0v) is 12.6. The Labute approximate surface area is 133 Å². The zero-order chi connectivity index (χ0) is 16.4. The van der Waals surface area contributed by atoms with Gasteiger partial charge in [0.25, 0.3) is 0 Å². The van der Waals surface area contributed by atoms with Crippen molar-refractivity contribution in [3.63, 3.8) is 0 Å². The van der Waals surface area contributed by atoms with E-state index in [2.05, 4.69) is 4.95 Å². The van der Waals surface area contributed by atoms with Gasteiger partial charge in [0.15, 0.2) is 0 Å². The van der Waals surface area contributed by atoms with Crippen molar-refractivity contribution >= 4 is 17.5 Å². The quantitative estimate of drug-likeness (QED) is 0.844. The van der Waals surface area contributed by atoms with Crippen molar-refractivity contribution in [2.24, 2.45) is 5.73 Å². The third kappa shape index (κ3) is 3.00. The predicted octanol–water partition coefficient (Wildman–Crippen LogP) is 1.07. The van der Waals surface area contributed by atoms with Gasteiger partial charge in [0.2, 0.25) is 0 Å². The van der Waals surface area contributed by atoms with E-state index in [0.717, 1.165) is 0 Å². The maximum atomic E-state index is 14.5. The number of halogens is 1. The first-order valence-corrected chi connectivity index (χ1v) is 7.47. The summed E-state index contributed by atoms with van der Waals surface area (Å²) in [6, 6.07) is 4.72. The largest absolute Gasteiger partial charge is 0.443 e. The van der Waals surface area contributed by atoms with Crippen LogP contribution in [0, 0.1) is 12.4 Å². The minimum Gasteiger partial charge on any atom is -0.443 e. The lowest BCUT2D eigenvalue weighted by molar-refractivity contribution is 0.145. The van der Waals surface area contributed by atoms with E-state index < -0.39 is 6.09 Å². The number of carbonyl (C=O) groups excluding carboxylic acids is 1. The van der Waals surface area contributed by atoms with Gasteiger partial charge < -0.3 is 15.4 Å². The second-order valence-electron chi connectivity index (χ2n) is 5.53. The lowest BCUT2D eigenvalue weighted by atomic mass is 10.2. The molecule has 1 atom stereocenters. The molecular weight excluding hydrogens is 301 g/mol. The minimum atomic E-state index is -0.502. The van der Waals surface area contributed by atoms with Gasteiger partial charge in [-0.1, -0.05) is 0 Å². The van der Waals surface area contributed by atoms with E-state index in [4.69, 9.17) is 17.0 Å². The van der Waals surface area contributed by atoms with Gasteiger partial charge in [-0.15, -0.1) is 5.01 Å². The highest BCUT2D eigenvalue weighted by Crippen LogP contribution is 2.28. The molecule has 1 aromatic carbocycles. The summed E-state index contributed by atoms with van der Waals surface area (Å²) in [5, 5.41) is 1.63. The third-order valence-corrected chi connectivity index (χ3v) is 4.12. The average molecular weight is 319 g/mol. The van der Waals surface area contributed by atoms with Crippen LogP contribution in [0.15, 0.2) is 18.2 Å². The van der Waals surface area contributed by atoms with Gasteiger partial charge in [0, 0.05) is 19.6 Å². The molecule has 0 spiro atoms. The van der Waals surface area contributed by atoms with Gasteiger partial charge in [0.05, 0.1) is 17.9 Å². The highest BCUT2D eigenvalue weighted by molar-refractivity contribution is 5.90. The number of carbonyl (C=O) groups is 1. The highest BCUT2D eigenvalue weighted by Gasteiger charge is 2.32. The molecule has 1 aromatic rings. The van der Waals surface area contributed by atoms with Crippen molar-refractivity contribution in [3.8, 4) is 0 Å². The topological polar surface area (TPSA) is 66.4 Å². The fourth-order valence-electron chi connectivity index (χ4n) is 2.81. The van der Waals surface area contributed by atoms with Crippen LogP contribution in [0.2, 0.25) is 0 Å². The van der Waals surface area contributed by atoms with Crippen LogP contribution in [-0.4, -0.2) is 56.5 Å². The molecule has 0 saturated carbocycles. The summed E-state index contributed by atoms with van der Waals surface area (Å²) in [7, 11) is 0. The molecule has 122 valence electrons. The van der Waals surface area contributed by atoms with E-state index in [9.17, 15) is 9.18 Å². The summed E-state index contributed by atoms with van der Waals surface area (Å²) in [4.78, 5) is 18.5.